The number of anilines is 1. The van der Waals surface area contributed by atoms with Crippen molar-refractivity contribution in [2.45, 2.75) is 39.3 Å². The van der Waals surface area contributed by atoms with Gasteiger partial charge in [-0.05, 0) is 13.3 Å². The quantitative estimate of drug-likeness (QED) is 0.868. The van der Waals surface area contributed by atoms with Crippen molar-refractivity contribution < 1.29 is 13.2 Å². The number of alkyl halides is 3. The van der Waals surface area contributed by atoms with Crippen LogP contribution in [-0.2, 0) is 6.42 Å². The molecule has 1 aromatic rings. The molecule has 1 aromatic heterocycles. The summed E-state index contributed by atoms with van der Waals surface area (Å²) in [6.07, 6.45) is -4.29. The lowest BCUT2D eigenvalue weighted by molar-refractivity contribution is -0.134. The summed E-state index contributed by atoms with van der Waals surface area (Å²) in [6.45, 7) is 4.50. The van der Waals surface area contributed by atoms with Gasteiger partial charge in [-0.2, -0.15) is 13.2 Å². The minimum absolute atomic E-state index is 0.175. The standard InChI is InChI=1S/C11H16F3N3/c1-3-6-15-10-7-8(2)16-9(17-10)4-5-11(12,13)14/h7H,3-6H2,1-2H3,(H,15,16,17). The van der Waals surface area contributed by atoms with Gasteiger partial charge in [0.25, 0.3) is 0 Å². The Morgan fingerprint density at radius 2 is 2.00 bits per heavy atom. The van der Waals surface area contributed by atoms with E-state index in [0.717, 1.165) is 13.0 Å². The van der Waals surface area contributed by atoms with Gasteiger partial charge < -0.3 is 5.32 Å². The topological polar surface area (TPSA) is 37.8 Å². The molecule has 0 aliphatic carbocycles. The zero-order chi connectivity index (χ0) is 12.9. The Morgan fingerprint density at radius 1 is 1.29 bits per heavy atom. The Kier molecular flexibility index (Phi) is 4.72. The van der Waals surface area contributed by atoms with Crippen LogP contribution in [0, 0.1) is 6.92 Å². The molecule has 0 amide bonds. The number of nitrogens with zero attached hydrogens (tertiary/aromatic N) is 2. The zero-order valence-electron chi connectivity index (χ0n) is 9.93. The molecule has 0 aliphatic heterocycles. The fraction of sp³-hybridized carbons (Fsp3) is 0.636. The molecule has 0 atom stereocenters. The Morgan fingerprint density at radius 3 is 2.59 bits per heavy atom. The first kappa shape index (κ1) is 13.7. The Hall–Kier alpha value is -1.33. The van der Waals surface area contributed by atoms with Crippen molar-refractivity contribution in [1.82, 2.24) is 9.97 Å². The monoisotopic (exact) mass is 247 g/mol. The lowest BCUT2D eigenvalue weighted by Gasteiger charge is -2.09. The van der Waals surface area contributed by atoms with Gasteiger partial charge in [0.2, 0.25) is 0 Å². The molecule has 0 saturated carbocycles. The number of aromatic nitrogens is 2. The van der Waals surface area contributed by atoms with Crippen LogP contribution in [0.5, 0.6) is 0 Å². The van der Waals surface area contributed by atoms with E-state index in [1.54, 1.807) is 13.0 Å². The zero-order valence-corrected chi connectivity index (χ0v) is 9.93. The van der Waals surface area contributed by atoms with Gasteiger partial charge in [-0.1, -0.05) is 6.92 Å². The number of nitrogens with one attached hydrogen (secondary N) is 1. The predicted molar refractivity (Wildman–Crippen MR) is 59.9 cm³/mol. The highest BCUT2D eigenvalue weighted by molar-refractivity contribution is 5.35. The summed E-state index contributed by atoms with van der Waals surface area (Å²) in [4.78, 5) is 8.05. The highest BCUT2D eigenvalue weighted by Gasteiger charge is 2.27. The Bertz CT molecular complexity index is 363. The van der Waals surface area contributed by atoms with E-state index < -0.39 is 12.6 Å². The molecule has 0 unspecified atom stereocenters. The van der Waals surface area contributed by atoms with Crippen LogP contribution in [0.15, 0.2) is 6.07 Å². The van der Waals surface area contributed by atoms with Crippen molar-refractivity contribution in [3.8, 4) is 0 Å². The van der Waals surface area contributed by atoms with E-state index >= 15 is 0 Å². The smallest absolute Gasteiger partial charge is 0.370 e. The molecule has 0 saturated heterocycles. The second-order valence-electron chi connectivity index (χ2n) is 3.85. The van der Waals surface area contributed by atoms with E-state index in [4.69, 9.17) is 0 Å². The van der Waals surface area contributed by atoms with Crippen molar-refractivity contribution in [3.05, 3.63) is 17.6 Å². The summed E-state index contributed by atoms with van der Waals surface area (Å²) in [5.41, 5.74) is 0.677. The second-order valence-corrected chi connectivity index (χ2v) is 3.85. The lowest BCUT2D eigenvalue weighted by Crippen LogP contribution is -2.12. The van der Waals surface area contributed by atoms with Crippen LogP contribution in [0.3, 0.4) is 0 Å². The number of rotatable bonds is 5. The maximum Gasteiger partial charge on any atom is 0.389 e. The van der Waals surface area contributed by atoms with E-state index in [-0.39, 0.29) is 12.2 Å². The molecular weight excluding hydrogens is 231 g/mol. The third-order valence-corrected chi connectivity index (χ3v) is 2.09. The van der Waals surface area contributed by atoms with E-state index in [0.29, 0.717) is 11.5 Å². The van der Waals surface area contributed by atoms with Crippen molar-refractivity contribution in [2.24, 2.45) is 0 Å². The van der Waals surface area contributed by atoms with Crippen molar-refractivity contribution in [1.29, 1.82) is 0 Å². The summed E-state index contributed by atoms with van der Waals surface area (Å²) in [5.74, 6) is 0.831. The molecule has 0 radical (unpaired) electrons. The molecule has 6 heteroatoms. The van der Waals surface area contributed by atoms with Crippen LogP contribution in [0.2, 0.25) is 0 Å². The fourth-order valence-electron chi connectivity index (χ4n) is 1.34. The van der Waals surface area contributed by atoms with E-state index in [2.05, 4.69) is 15.3 Å². The molecule has 96 valence electrons. The summed E-state index contributed by atoms with van der Waals surface area (Å²) in [5, 5.41) is 3.04. The molecule has 0 aromatic carbocycles. The van der Waals surface area contributed by atoms with Crippen LogP contribution in [-0.4, -0.2) is 22.7 Å². The van der Waals surface area contributed by atoms with E-state index in [1.165, 1.54) is 0 Å². The molecular formula is C11H16F3N3. The summed E-state index contributed by atoms with van der Waals surface area (Å²) in [7, 11) is 0. The summed E-state index contributed by atoms with van der Waals surface area (Å²) < 4.78 is 36.2. The van der Waals surface area contributed by atoms with E-state index in [9.17, 15) is 13.2 Å². The van der Waals surface area contributed by atoms with Gasteiger partial charge in [-0.3, -0.25) is 0 Å². The average Bonchev–Trinajstić information content (AvgIpc) is 2.22. The second kappa shape index (κ2) is 5.84. The molecule has 1 rings (SSSR count). The highest BCUT2D eigenvalue weighted by Crippen LogP contribution is 2.21. The predicted octanol–water partition coefficient (Wildman–Crippen LogP) is 3.10. The van der Waals surface area contributed by atoms with E-state index in [1.807, 2.05) is 6.92 Å². The van der Waals surface area contributed by atoms with Crippen LogP contribution in [0.4, 0.5) is 19.0 Å². The van der Waals surface area contributed by atoms with Gasteiger partial charge in [-0.15, -0.1) is 0 Å². The summed E-state index contributed by atoms with van der Waals surface area (Å²) >= 11 is 0. The van der Waals surface area contributed by atoms with Crippen LogP contribution in [0.1, 0.15) is 31.3 Å². The molecule has 0 aliphatic rings. The van der Waals surface area contributed by atoms with Crippen LogP contribution >= 0.6 is 0 Å². The van der Waals surface area contributed by atoms with Crippen LogP contribution < -0.4 is 5.32 Å². The number of hydrogen-bond donors (Lipinski definition) is 1. The SMILES string of the molecule is CCCNc1cc(C)nc(CCC(F)(F)F)n1. The molecule has 0 bridgehead atoms. The molecule has 1 heterocycles. The van der Waals surface area contributed by atoms with Gasteiger partial charge in [0.1, 0.15) is 11.6 Å². The average molecular weight is 247 g/mol. The first-order valence-electron chi connectivity index (χ1n) is 5.56. The van der Waals surface area contributed by atoms with Crippen molar-refractivity contribution in [3.63, 3.8) is 0 Å². The molecule has 0 fully saturated rings. The minimum Gasteiger partial charge on any atom is -0.370 e. The highest BCUT2D eigenvalue weighted by atomic mass is 19.4. The van der Waals surface area contributed by atoms with Gasteiger partial charge in [0.15, 0.2) is 0 Å². The first-order valence-corrected chi connectivity index (χ1v) is 5.56. The number of halogens is 3. The normalized spacial score (nSPS) is 11.6. The van der Waals surface area contributed by atoms with Gasteiger partial charge in [0, 0.05) is 24.7 Å². The maximum absolute atomic E-state index is 12.1. The molecule has 17 heavy (non-hydrogen) atoms. The van der Waals surface area contributed by atoms with Gasteiger partial charge in [0.05, 0.1) is 6.42 Å². The Balaban J connectivity index is 2.68. The van der Waals surface area contributed by atoms with Gasteiger partial charge in [-0.25, -0.2) is 9.97 Å². The maximum atomic E-state index is 12.1. The van der Waals surface area contributed by atoms with Crippen molar-refractivity contribution in [2.75, 3.05) is 11.9 Å². The fourth-order valence-corrected chi connectivity index (χ4v) is 1.34. The number of hydrogen-bond acceptors (Lipinski definition) is 3. The third-order valence-electron chi connectivity index (χ3n) is 2.09. The van der Waals surface area contributed by atoms with Crippen LogP contribution in [0.25, 0.3) is 0 Å². The minimum atomic E-state index is -4.16. The van der Waals surface area contributed by atoms with Gasteiger partial charge >= 0.3 is 6.18 Å². The third kappa shape index (κ3) is 5.51. The lowest BCUT2D eigenvalue weighted by atomic mass is 10.3. The largest absolute Gasteiger partial charge is 0.389 e. The van der Waals surface area contributed by atoms with Crippen molar-refractivity contribution >= 4 is 5.82 Å². The molecule has 3 nitrogen and oxygen atoms in total. The number of aryl methyl sites for hydroxylation is 2. The molecule has 1 N–H and O–H groups in total. The first-order chi connectivity index (χ1) is 7.90. The Labute approximate surface area is 98.5 Å². The summed E-state index contributed by atoms with van der Waals surface area (Å²) in [6, 6.07) is 1.73. The molecule has 0 spiro atoms.